The third-order valence-corrected chi connectivity index (χ3v) is 9.22. The van der Waals surface area contributed by atoms with Crippen LogP contribution >= 0.6 is 10.3 Å². The van der Waals surface area contributed by atoms with Crippen LogP contribution in [0.4, 0.5) is 39.5 Å². The Kier molecular flexibility index (Phi) is 6.56. The van der Waals surface area contributed by atoms with E-state index in [0.29, 0.717) is 0 Å². The minimum Gasteiger partial charge on any atom is -0.300 e. The van der Waals surface area contributed by atoms with Crippen molar-refractivity contribution in [3.8, 4) is 0 Å². The Bertz CT molecular complexity index is 735. The predicted molar refractivity (Wildman–Crippen MR) is 78.0 cm³/mol. The zero-order chi connectivity index (χ0) is 22.4. The molecule has 0 unspecified atom stereocenters. The van der Waals surface area contributed by atoms with E-state index in [4.69, 9.17) is 0 Å². The number of rotatable bonds is 7. The lowest BCUT2D eigenvalue weighted by Crippen LogP contribution is -2.63. The number of alkyl halides is 9. The van der Waals surface area contributed by atoms with Crippen molar-refractivity contribution in [2.45, 2.75) is 43.0 Å². The summed E-state index contributed by atoms with van der Waals surface area (Å²) in [6.45, 7) is 0.853. The fourth-order valence-corrected chi connectivity index (χ4v) is 7.66. The minimum atomic E-state index is -7.42. The second-order valence-electron chi connectivity index (χ2n) is 5.94. The highest BCUT2D eigenvalue weighted by Crippen LogP contribution is 2.60. The first kappa shape index (κ1) is 25.0. The average Bonchev–Trinajstić information content (AvgIpc) is 2.47. The van der Waals surface area contributed by atoms with Gasteiger partial charge in [0.2, 0.25) is 0 Å². The summed E-state index contributed by atoms with van der Waals surface area (Å²) >= 11 is 0. The highest BCUT2D eigenvalue weighted by molar-refractivity contribution is 8.33. The van der Waals surface area contributed by atoms with Crippen LogP contribution in [0, 0.1) is 0 Å². The van der Waals surface area contributed by atoms with E-state index >= 15 is 0 Å². The molecule has 1 heterocycles. The summed E-state index contributed by atoms with van der Waals surface area (Å²) < 4.78 is 144. The smallest absolute Gasteiger partial charge is 0.300 e. The normalized spacial score (nSPS) is 20.7. The summed E-state index contributed by atoms with van der Waals surface area (Å²) in [5.74, 6) is -18.3. The molecule has 1 saturated heterocycles. The summed E-state index contributed by atoms with van der Waals surface area (Å²) in [6.07, 6.45) is -8.14. The fraction of sp³-hybridized carbons (Fsp3) is 0.833. The van der Waals surface area contributed by atoms with Gasteiger partial charge in [-0.05, 0) is 6.92 Å². The van der Waals surface area contributed by atoms with Gasteiger partial charge in [0.25, 0.3) is 0 Å². The second-order valence-corrected chi connectivity index (χ2v) is 10.9. The number of carbonyl (C=O) groups is 2. The molecule has 0 aromatic heterocycles. The van der Waals surface area contributed by atoms with E-state index in [1.807, 2.05) is 0 Å². The third-order valence-electron chi connectivity index (χ3n) is 3.64. The van der Waals surface area contributed by atoms with Crippen molar-refractivity contribution in [2.24, 2.45) is 0 Å². The van der Waals surface area contributed by atoms with Gasteiger partial charge < -0.3 is 0 Å². The van der Waals surface area contributed by atoms with E-state index in [9.17, 15) is 57.5 Å². The lowest BCUT2D eigenvalue weighted by molar-refractivity contribution is -0.382. The molecule has 0 bridgehead atoms. The van der Waals surface area contributed by atoms with Gasteiger partial charge in [-0.25, -0.2) is 3.63 Å². The predicted octanol–water partition coefficient (Wildman–Crippen LogP) is 3.43. The van der Waals surface area contributed by atoms with Crippen LogP contribution in [0.1, 0.15) is 19.8 Å². The first-order chi connectivity index (χ1) is 12.2. The van der Waals surface area contributed by atoms with Gasteiger partial charge in [-0.1, -0.05) is 0 Å². The van der Waals surface area contributed by atoms with Crippen LogP contribution in [-0.4, -0.2) is 60.5 Å². The summed E-state index contributed by atoms with van der Waals surface area (Å²) in [5.41, 5.74) is 0. The zero-order valence-corrected chi connectivity index (χ0v) is 15.4. The van der Waals surface area contributed by atoms with Crippen LogP contribution in [0.3, 0.4) is 0 Å². The van der Waals surface area contributed by atoms with Gasteiger partial charge in [-0.2, -0.15) is 47.9 Å². The quantitative estimate of drug-likeness (QED) is 0.531. The topological polar surface area (TPSA) is 77.5 Å². The van der Waals surface area contributed by atoms with Crippen molar-refractivity contribution in [1.29, 1.82) is 0 Å². The van der Waals surface area contributed by atoms with E-state index in [1.54, 1.807) is 0 Å². The zero-order valence-electron chi connectivity index (χ0n) is 13.8. The van der Waals surface area contributed by atoms with Crippen LogP contribution in [0.5, 0.6) is 0 Å². The Hall–Kier alpha value is -1.03. The van der Waals surface area contributed by atoms with Crippen LogP contribution in [-0.2, 0) is 23.3 Å². The van der Waals surface area contributed by atoms with Crippen molar-refractivity contribution in [1.82, 2.24) is 0 Å². The Labute approximate surface area is 154 Å². The Balaban J connectivity index is 3.38. The molecule has 0 radical (unpaired) electrons. The molecular weight excluding hydrogens is 459 g/mol. The maximum atomic E-state index is 13.8. The summed E-state index contributed by atoms with van der Waals surface area (Å²) in [4.78, 5) is 22.5. The molecule has 16 heteroatoms. The number of halogens is 9. The molecular formula is C12H13F9O5S2. The van der Waals surface area contributed by atoms with Gasteiger partial charge in [0, 0.05) is 24.3 Å². The van der Waals surface area contributed by atoms with Crippen LogP contribution in [0.25, 0.3) is 0 Å². The largest absolute Gasteiger partial charge is 0.460 e. The molecule has 0 atom stereocenters. The van der Waals surface area contributed by atoms with E-state index in [0.717, 1.165) is 6.92 Å². The van der Waals surface area contributed by atoms with Gasteiger partial charge >= 0.3 is 33.4 Å². The van der Waals surface area contributed by atoms with Gasteiger partial charge in [-0.3, -0.25) is 9.59 Å². The van der Waals surface area contributed by atoms with Gasteiger partial charge in [0.05, 0.1) is 5.75 Å². The highest BCUT2D eigenvalue weighted by atomic mass is 32.3. The molecule has 0 aromatic rings. The van der Waals surface area contributed by atoms with Crippen molar-refractivity contribution in [2.75, 3.05) is 17.3 Å². The summed E-state index contributed by atoms with van der Waals surface area (Å²) in [6, 6.07) is 0. The number of carbonyl (C=O) groups excluding carboxylic acids is 2. The molecule has 5 nitrogen and oxygen atoms in total. The Morgan fingerprint density at radius 1 is 0.964 bits per heavy atom. The van der Waals surface area contributed by atoms with Gasteiger partial charge in [-0.15, -0.1) is 10.3 Å². The van der Waals surface area contributed by atoms with Crippen LogP contribution < -0.4 is 0 Å². The first-order valence-electron chi connectivity index (χ1n) is 7.16. The van der Waals surface area contributed by atoms with Gasteiger partial charge in [0.15, 0.2) is 0 Å². The van der Waals surface area contributed by atoms with Crippen molar-refractivity contribution in [3.63, 3.8) is 0 Å². The maximum Gasteiger partial charge on any atom is 0.460 e. The van der Waals surface area contributed by atoms with Crippen molar-refractivity contribution < 1.29 is 61.1 Å². The first-order valence-corrected chi connectivity index (χ1v) is 10.6. The second kappa shape index (κ2) is 7.34. The molecule has 0 saturated carbocycles. The van der Waals surface area contributed by atoms with Gasteiger partial charge in [0.1, 0.15) is 11.6 Å². The molecule has 0 aromatic carbocycles. The van der Waals surface area contributed by atoms with E-state index < -0.39 is 85.4 Å². The molecule has 0 N–H and O–H groups in total. The molecule has 1 rings (SSSR count). The Morgan fingerprint density at radius 2 is 1.39 bits per heavy atom. The molecule has 0 amide bonds. The van der Waals surface area contributed by atoms with E-state index in [2.05, 4.69) is 3.63 Å². The monoisotopic (exact) mass is 472 g/mol. The fourth-order valence-electron chi connectivity index (χ4n) is 2.18. The molecule has 28 heavy (non-hydrogen) atoms. The number of Topliss-reactive ketones (excluding diaryl/α,β-unsaturated/α-hetero) is 2. The molecule has 0 aliphatic carbocycles. The Morgan fingerprint density at radius 3 is 1.75 bits per heavy atom. The summed E-state index contributed by atoms with van der Waals surface area (Å²) in [5, 5.41) is -6.99. The number of hydrogen-bond acceptors (Lipinski definition) is 5. The van der Waals surface area contributed by atoms with Crippen molar-refractivity contribution in [3.05, 3.63) is 0 Å². The molecule has 1 aliphatic heterocycles. The molecule has 0 spiro atoms. The lowest BCUT2D eigenvalue weighted by atomic mass is 10.1. The highest BCUT2D eigenvalue weighted by Gasteiger charge is 2.86. The van der Waals surface area contributed by atoms with Crippen LogP contribution in [0.15, 0.2) is 0 Å². The molecule has 166 valence electrons. The molecule has 1 aliphatic rings. The SMILES string of the molecule is CC(=O)CS1(OS(=O)(=O)C(F)(F)C(F)(F)C(F)(F)C(F)(F)F)CCC(=O)CC1. The number of hydrogen-bond donors (Lipinski definition) is 0. The standard InChI is InChI=1S/C12H13F9O5S2/c1-7(22)6-27(4-2-8(23)3-5-27)26-28(24,25)12(20,21)10(15,16)9(13,14)11(17,18)19/h2-6H2,1H3. The third kappa shape index (κ3) is 4.27. The maximum absolute atomic E-state index is 13.8. The van der Waals surface area contributed by atoms with E-state index in [1.165, 1.54) is 0 Å². The van der Waals surface area contributed by atoms with E-state index in [-0.39, 0.29) is 0 Å². The lowest BCUT2D eigenvalue weighted by Gasteiger charge is -2.41. The number of ketones is 2. The van der Waals surface area contributed by atoms with Crippen molar-refractivity contribution >= 4 is 32.0 Å². The summed E-state index contributed by atoms with van der Waals surface area (Å²) in [7, 11) is -10.6. The van der Waals surface area contributed by atoms with Crippen LogP contribution in [0.2, 0.25) is 0 Å². The average molecular weight is 472 g/mol. The molecule has 1 fully saturated rings. The minimum absolute atomic E-state index is 0.473.